The standard InChI is InChI=1S/C13H18N2O4S2/c1-14(21(17,18)15-4-7-19-8-5-15)10-12-9-13(20-11-12)3-2-6-16/h9,11,16H,4-8,10H2,1H3. The maximum absolute atomic E-state index is 12.4. The Hall–Kier alpha value is -0.950. The normalized spacial score (nSPS) is 16.7. The van der Waals surface area contributed by atoms with Gasteiger partial charge >= 0.3 is 0 Å². The smallest absolute Gasteiger partial charge is 0.282 e. The van der Waals surface area contributed by atoms with Crippen molar-refractivity contribution in [2.24, 2.45) is 0 Å². The minimum atomic E-state index is -3.45. The molecule has 0 radical (unpaired) electrons. The molecule has 1 aromatic rings. The zero-order valence-corrected chi connectivity index (χ0v) is 13.4. The number of hydrogen-bond donors (Lipinski definition) is 1. The van der Waals surface area contributed by atoms with Crippen molar-refractivity contribution in [1.29, 1.82) is 0 Å². The molecule has 1 N–H and O–H groups in total. The third kappa shape index (κ3) is 4.26. The van der Waals surface area contributed by atoms with Crippen molar-refractivity contribution in [2.45, 2.75) is 6.54 Å². The molecular formula is C13H18N2O4S2. The van der Waals surface area contributed by atoms with Gasteiger partial charge in [0.25, 0.3) is 10.2 Å². The van der Waals surface area contributed by atoms with Crippen molar-refractivity contribution in [1.82, 2.24) is 8.61 Å². The number of aliphatic hydroxyl groups is 1. The average molecular weight is 330 g/mol. The second kappa shape index (κ2) is 7.35. The summed E-state index contributed by atoms with van der Waals surface area (Å²) in [5, 5.41) is 10.5. The molecule has 0 bridgehead atoms. The van der Waals surface area contributed by atoms with Crippen LogP contribution in [0, 0.1) is 11.8 Å². The van der Waals surface area contributed by atoms with Crippen LogP contribution in [0.5, 0.6) is 0 Å². The van der Waals surface area contributed by atoms with E-state index < -0.39 is 10.2 Å². The van der Waals surface area contributed by atoms with Crippen LogP contribution in [-0.4, -0.2) is 62.1 Å². The topological polar surface area (TPSA) is 70.1 Å². The van der Waals surface area contributed by atoms with Crippen molar-refractivity contribution in [3.8, 4) is 11.8 Å². The summed E-state index contributed by atoms with van der Waals surface area (Å²) >= 11 is 1.44. The minimum absolute atomic E-state index is 0.182. The lowest BCUT2D eigenvalue weighted by atomic mass is 10.3. The number of hydrogen-bond acceptors (Lipinski definition) is 5. The minimum Gasteiger partial charge on any atom is -0.384 e. The lowest BCUT2D eigenvalue weighted by Crippen LogP contribution is -2.46. The quantitative estimate of drug-likeness (QED) is 0.795. The summed E-state index contributed by atoms with van der Waals surface area (Å²) in [7, 11) is -1.88. The van der Waals surface area contributed by atoms with Gasteiger partial charge in [0.15, 0.2) is 0 Å². The number of rotatable bonds is 4. The molecule has 1 aliphatic rings. The molecule has 1 saturated heterocycles. The van der Waals surface area contributed by atoms with Crippen LogP contribution in [0.4, 0.5) is 0 Å². The molecule has 0 amide bonds. The molecule has 0 spiro atoms. The van der Waals surface area contributed by atoms with Gasteiger partial charge in [-0.25, -0.2) is 0 Å². The Morgan fingerprint density at radius 3 is 2.86 bits per heavy atom. The summed E-state index contributed by atoms with van der Waals surface area (Å²) in [5.41, 5.74) is 0.890. The van der Waals surface area contributed by atoms with Gasteiger partial charge in [0, 0.05) is 26.7 Å². The van der Waals surface area contributed by atoms with Crippen LogP contribution >= 0.6 is 11.3 Å². The van der Waals surface area contributed by atoms with Crippen molar-refractivity contribution in [2.75, 3.05) is 40.0 Å². The van der Waals surface area contributed by atoms with E-state index in [1.807, 2.05) is 11.4 Å². The second-order valence-corrected chi connectivity index (χ2v) is 7.50. The van der Waals surface area contributed by atoms with Gasteiger partial charge in [-0.15, -0.1) is 11.3 Å². The molecular weight excluding hydrogens is 312 g/mol. The fourth-order valence-corrected chi connectivity index (χ4v) is 4.05. The maximum atomic E-state index is 12.4. The maximum Gasteiger partial charge on any atom is 0.282 e. The van der Waals surface area contributed by atoms with Crippen LogP contribution in [0.25, 0.3) is 0 Å². The summed E-state index contributed by atoms with van der Waals surface area (Å²) < 4.78 is 32.8. The van der Waals surface area contributed by atoms with Crippen molar-refractivity contribution >= 4 is 21.5 Å². The fraction of sp³-hybridized carbons (Fsp3) is 0.538. The van der Waals surface area contributed by atoms with Gasteiger partial charge in [0.2, 0.25) is 0 Å². The molecule has 0 atom stereocenters. The van der Waals surface area contributed by atoms with E-state index in [0.29, 0.717) is 32.8 Å². The van der Waals surface area contributed by atoms with E-state index in [2.05, 4.69) is 11.8 Å². The Morgan fingerprint density at radius 1 is 1.48 bits per heavy atom. The van der Waals surface area contributed by atoms with Crippen LogP contribution < -0.4 is 0 Å². The van der Waals surface area contributed by atoms with Gasteiger partial charge < -0.3 is 9.84 Å². The molecule has 0 aromatic carbocycles. The first-order valence-corrected chi connectivity index (χ1v) is 8.78. The molecule has 1 aliphatic heterocycles. The molecule has 1 aromatic heterocycles. The van der Waals surface area contributed by atoms with E-state index in [1.165, 1.54) is 19.9 Å². The molecule has 0 unspecified atom stereocenters. The Labute approximate surface area is 129 Å². The van der Waals surface area contributed by atoms with Crippen LogP contribution in [0.2, 0.25) is 0 Å². The molecule has 116 valence electrons. The van der Waals surface area contributed by atoms with E-state index in [1.54, 1.807) is 7.05 Å². The lowest BCUT2D eigenvalue weighted by molar-refractivity contribution is 0.0705. The largest absolute Gasteiger partial charge is 0.384 e. The molecule has 0 saturated carbocycles. The number of ether oxygens (including phenoxy) is 1. The fourth-order valence-electron chi connectivity index (χ4n) is 1.96. The highest BCUT2D eigenvalue weighted by molar-refractivity contribution is 7.86. The van der Waals surface area contributed by atoms with Crippen LogP contribution in [0.15, 0.2) is 11.4 Å². The van der Waals surface area contributed by atoms with Gasteiger partial charge in [-0.2, -0.15) is 17.0 Å². The summed E-state index contributed by atoms with van der Waals surface area (Å²) in [5.74, 6) is 5.39. The SMILES string of the molecule is CN(Cc1csc(C#CCO)c1)S(=O)(=O)N1CCOCC1. The average Bonchev–Trinajstić information content (AvgIpc) is 2.93. The molecule has 2 heterocycles. The van der Waals surface area contributed by atoms with Gasteiger partial charge in [-0.3, -0.25) is 0 Å². The third-order valence-corrected chi connectivity index (χ3v) is 5.87. The Bertz CT molecular complexity index is 624. The summed E-state index contributed by atoms with van der Waals surface area (Å²) in [6.07, 6.45) is 0. The lowest BCUT2D eigenvalue weighted by Gasteiger charge is -2.30. The molecule has 1 fully saturated rings. The first kappa shape index (κ1) is 16.4. The predicted molar refractivity (Wildman–Crippen MR) is 81.1 cm³/mol. The highest BCUT2D eigenvalue weighted by Crippen LogP contribution is 2.18. The number of thiophene rings is 1. The summed E-state index contributed by atoms with van der Waals surface area (Å²) in [4.78, 5) is 0.816. The Morgan fingerprint density at radius 2 is 2.19 bits per heavy atom. The summed E-state index contributed by atoms with van der Waals surface area (Å²) in [6, 6.07) is 1.85. The Balaban J connectivity index is 2.02. The van der Waals surface area contributed by atoms with Crippen LogP contribution in [0.1, 0.15) is 10.4 Å². The number of aliphatic hydroxyl groups excluding tert-OH is 1. The summed E-state index contributed by atoms with van der Waals surface area (Å²) in [6.45, 7) is 1.78. The van der Waals surface area contributed by atoms with Crippen LogP contribution in [-0.2, 0) is 21.5 Å². The number of morpholine rings is 1. The van der Waals surface area contributed by atoms with E-state index in [9.17, 15) is 8.42 Å². The van der Waals surface area contributed by atoms with Gasteiger partial charge in [-0.1, -0.05) is 11.8 Å². The first-order valence-electron chi connectivity index (χ1n) is 6.50. The molecule has 21 heavy (non-hydrogen) atoms. The zero-order chi connectivity index (χ0) is 15.3. The van der Waals surface area contributed by atoms with Crippen molar-refractivity contribution in [3.63, 3.8) is 0 Å². The van der Waals surface area contributed by atoms with Crippen molar-refractivity contribution in [3.05, 3.63) is 21.9 Å². The highest BCUT2D eigenvalue weighted by Gasteiger charge is 2.28. The monoisotopic (exact) mass is 330 g/mol. The van der Waals surface area contributed by atoms with Gasteiger partial charge in [0.05, 0.1) is 18.1 Å². The second-order valence-electron chi connectivity index (χ2n) is 4.55. The molecule has 0 aliphatic carbocycles. The van der Waals surface area contributed by atoms with E-state index in [4.69, 9.17) is 9.84 Å². The first-order chi connectivity index (χ1) is 10.0. The van der Waals surface area contributed by atoms with E-state index in [-0.39, 0.29) is 6.61 Å². The molecule has 8 heteroatoms. The highest BCUT2D eigenvalue weighted by atomic mass is 32.2. The number of nitrogens with zero attached hydrogens (tertiary/aromatic N) is 2. The van der Waals surface area contributed by atoms with Gasteiger partial charge in [0.1, 0.15) is 6.61 Å². The van der Waals surface area contributed by atoms with Crippen LogP contribution in [0.3, 0.4) is 0 Å². The Kier molecular flexibility index (Phi) is 5.75. The van der Waals surface area contributed by atoms with Gasteiger partial charge in [-0.05, 0) is 17.0 Å². The molecule has 6 nitrogen and oxygen atoms in total. The van der Waals surface area contributed by atoms with E-state index >= 15 is 0 Å². The van der Waals surface area contributed by atoms with E-state index in [0.717, 1.165) is 10.4 Å². The third-order valence-electron chi connectivity index (χ3n) is 3.04. The molecule has 2 rings (SSSR count). The predicted octanol–water partition coefficient (Wildman–Crippen LogP) is 0.101. The van der Waals surface area contributed by atoms with Crippen molar-refractivity contribution < 1.29 is 18.3 Å². The zero-order valence-electron chi connectivity index (χ0n) is 11.8.